The van der Waals surface area contributed by atoms with E-state index in [9.17, 15) is 4.79 Å². The van der Waals surface area contributed by atoms with Crippen molar-refractivity contribution < 1.29 is 40.6 Å². The van der Waals surface area contributed by atoms with E-state index in [1.165, 1.54) is 10.9 Å². The molecule has 24 heavy (non-hydrogen) atoms. The number of carbonyl (C=O) groups excluding carboxylic acids is 1. The van der Waals surface area contributed by atoms with Crippen molar-refractivity contribution in [2.24, 2.45) is 0 Å². The molecule has 0 aliphatic heterocycles. The van der Waals surface area contributed by atoms with Crippen molar-refractivity contribution in [3.63, 3.8) is 0 Å². The first-order valence-corrected chi connectivity index (χ1v) is 7.56. The Balaban J connectivity index is 0.00000288. The van der Waals surface area contributed by atoms with E-state index in [1.807, 2.05) is 25.1 Å². The van der Waals surface area contributed by atoms with Crippen LogP contribution in [0.2, 0.25) is 0 Å². The van der Waals surface area contributed by atoms with Crippen molar-refractivity contribution in [2.75, 3.05) is 14.2 Å². The van der Waals surface area contributed by atoms with Crippen LogP contribution in [0.4, 0.5) is 4.79 Å². The summed E-state index contributed by atoms with van der Waals surface area (Å²) in [6.07, 6.45) is 4.51. The van der Waals surface area contributed by atoms with Gasteiger partial charge in [0.25, 0.3) is 0 Å². The van der Waals surface area contributed by atoms with E-state index in [4.69, 9.17) is 4.74 Å². The Morgan fingerprint density at radius 2 is 2.04 bits per heavy atom. The number of amides is 1. The van der Waals surface area contributed by atoms with Crippen molar-refractivity contribution in [1.29, 1.82) is 0 Å². The number of aromatic nitrogens is 2. The van der Waals surface area contributed by atoms with Gasteiger partial charge in [-0.25, -0.2) is 9.78 Å². The molecule has 6 heteroatoms. The molecule has 1 amide bonds. The number of imidazole rings is 1. The van der Waals surface area contributed by atoms with Gasteiger partial charge in [0.05, 0.1) is 12.8 Å². The molecule has 2 rings (SSSR count). The Labute approximate surface area is 167 Å². The smallest absolute Gasteiger partial charge is 0.496 e. The molecule has 0 bridgehead atoms. The van der Waals surface area contributed by atoms with E-state index < -0.39 is 0 Å². The average molecular weight is 551 g/mol. The summed E-state index contributed by atoms with van der Waals surface area (Å²) in [5, 5.41) is 0. The van der Waals surface area contributed by atoms with Gasteiger partial charge in [0.15, 0.2) is 0 Å². The number of benzene rings is 1. The van der Waals surface area contributed by atoms with E-state index in [0.29, 0.717) is 12.8 Å². The third-order valence-corrected chi connectivity index (χ3v) is 4.02. The number of carbonyl (C=O) groups is 1. The zero-order chi connectivity index (χ0) is 17.0. The fraction of sp³-hybridized carbons (Fsp3) is 0.333. The standard InChI is InChI=1S/C18H23N3O2.U/c1-6-15(7-2)20(4)18(22)21-11-16(19-12-21)14-9-8-13(3)17(10-14)23-5;/h8-12,15H,1-2,6-7H2,3-5H3;/q-2;+2. The second kappa shape index (κ2) is 9.29. The van der Waals surface area contributed by atoms with E-state index in [1.54, 1.807) is 25.3 Å². The van der Waals surface area contributed by atoms with Crippen LogP contribution in [-0.2, 0) is 0 Å². The first kappa shape index (κ1) is 20.8. The van der Waals surface area contributed by atoms with Gasteiger partial charge in [-0.1, -0.05) is 12.1 Å². The molecule has 0 saturated carbocycles. The SMILES string of the molecule is [CH2-]CC(C[CH2-])N(C)C(=O)n1cnc(-c2ccc(C)c(OC)c2)c1.[U+2]. The molecule has 0 aliphatic carbocycles. The molecule has 0 aliphatic rings. The van der Waals surface area contributed by atoms with Gasteiger partial charge in [-0.2, -0.15) is 12.8 Å². The molecule has 1 heterocycles. The molecule has 0 spiro atoms. The van der Waals surface area contributed by atoms with Gasteiger partial charge in [0.2, 0.25) is 0 Å². The van der Waals surface area contributed by atoms with Gasteiger partial charge in [0, 0.05) is 18.8 Å². The molecule has 1 aromatic heterocycles. The van der Waals surface area contributed by atoms with Crippen molar-refractivity contribution in [3.8, 4) is 17.0 Å². The predicted octanol–water partition coefficient (Wildman–Crippen LogP) is 3.58. The number of methoxy groups -OCH3 is 1. The van der Waals surface area contributed by atoms with E-state index in [0.717, 1.165) is 22.6 Å². The Bertz CT molecular complexity index is 681. The maximum atomic E-state index is 12.5. The van der Waals surface area contributed by atoms with E-state index in [-0.39, 0.29) is 43.2 Å². The number of nitrogens with zero attached hydrogens (tertiary/aromatic N) is 3. The Morgan fingerprint density at radius 1 is 1.38 bits per heavy atom. The van der Waals surface area contributed by atoms with Crippen LogP contribution in [0.3, 0.4) is 0 Å². The summed E-state index contributed by atoms with van der Waals surface area (Å²) >= 11 is 0. The molecule has 5 nitrogen and oxygen atoms in total. The van der Waals surface area contributed by atoms with E-state index >= 15 is 0 Å². The minimum absolute atomic E-state index is 0. The quantitative estimate of drug-likeness (QED) is 0.534. The molecule has 0 fully saturated rings. The van der Waals surface area contributed by atoms with Crippen LogP contribution in [0.15, 0.2) is 30.7 Å². The molecule has 126 valence electrons. The first-order chi connectivity index (χ1) is 11.0. The van der Waals surface area contributed by atoms with E-state index in [2.05, 4.69) is 18.8 Å². The minimum Gasteiger partial charge on any atom is -0.496 e. The number of ether oxygens (including phenoxy) is 1. The molecule has 0 saturated heterocycles. The van der Waals surface area contributed by atoms with Gasteiger partial charge in [0.1, 0.15) is 12.1 Å². The van der Waals surface area contributed by atoms with Crippen LogP contribution in [-0.4, -0.2) is 40.7 Å². The summed E-state index contributed by atoms with van der Waals surface area (Å²) in [6.45, 7) is 9.71. The van der Waals surface area contributed by atoms with Crippen LogP contribution >= 0.6 is 0 Å². The number of aryl methyl sites for hydroxylation is 1. The third-order valence-electron chi connectivity index (χ3n) is 4.02. The van der Waals surface area contributed by atoms with Gasteiger partial charge in [-0.3, -0.25) is 4.57 Å². The van der Waals surface area contributed by atoms with Gasteiger partial charge < -0.3 is 23.5 Å². The fourth-order valence-electron chi connectivity index (χ4n) is 2.43. The number of rotatable bonds is 5. The molecule has 1 aromatic carbocycles. The normalized spacial score (nSPS) is 10.4. The molecule has 2 aromatic rings. The largest absolute Gasteiger partial charge is 2.00 e. The van der Waals surface area contributed by atoms with Crippen LogP contribution in [0.25, 0.3) is 11.3 Å². The monoisotopic (exact) mass is 551 g/mol. The summed E-state index contributed by atoms with van der Waals surface area (Å²) in [6, 6.07) is 5.74. The van der Waals surface area contributed by atoms with Gasteiger partial charge in [-0.05, 0) is 24.6 Å². The summed E-state index contributed by atoms with van der Waals surface area (Å²) < 4.78 is 6.82. The fourth-order valence-corrected chi connectivity index (χ4v) is 2.43. The van der Waals surface area contributed by atoms with Crippen molar-refractivity contribution >= 4 is 6.03 Å². The predicted molar refractivity (Wildman–Crippen MR) is 91.2 cm³/mol. The first-order valence-electron chi connectivity index (χ1n) is 7.56. The summed E-state index contributed by atoms with van der Waals surface area (Å²) in [4.78, 5) is 18.5. The van der Waals surface area contributed by atoms with Gasteiger partial charge >= 0.3 is 37.1 Å². The second-order valence-corrected chi connectivity index (χ2v) is 5.48. The molecule has 0 N–H and O–H groups in total. The van der Waals surface area contributed by atoms with Crippen molar-refractivity contribution in [2.45, 2.75) is 25.8 Å². The van der Waals surface area contributed by atoms with Crippen LogP contribution in [0.5, 0.6) is 5.75 Å². The summed E-state index contributed by atoms with van der Waals surface area (Å²) in [5.41, 5.74) is 2.69. The molecule has 0 radical (unpaired) electrons. The van der Waals surface area contributed by atoms with Crippen LogP contribution < -0.4 is 4.74 Å². The Kier molecular flexibility index (Phi) is 8.05. The second-order valence-electron chi connectivity index (χ2n) is 5.48. The molecule has 0 atom stereocenters. The minimum atomic E-state index is -0.139. The van der Waals surface area contributed by atoms with Gasteiger partial charge in [-0.15, -0.1) is 0 Å². The maximum Gasteiger partial charge on any atom is 2.00 e. The molecule has 0 unspecified atom stereocenters. The average Bonchev–Trinajstić information content (AvgIpc) is 3.05. The number of hydrogen-bond donors (Lipinski definition) is 0. The third kappa shape index (κ3) is 4.43. The molecular weight excluding hydrogens is 528 g/mol. The summed E-state index contributed by atoms with van der Waals surface area (Å²) in [7, 11) is 3.40. The van der Waals surface area contributed by atoms with Crippen LogP contribution in [0.1, 0.15) is 18.4 Å². The zero-order valence-electron chi connectivity index (χ0n) is 14.5. The number of hydrogen-bond acceptors (Lipinski definition) is 3. The summed E-state index contributed by atoms with van der Waals surface area (Å²) in [5.74, 6) is 0.801. The van der Waals surface area contributed by atoms with Crippen molar-refractivity contribution in [1.82, 2.24) is 14.5 Å². The van der Waals surface area contributed by atoms with Crippen molar-refractivity contribution in [3.05, 3.63) is 50.1 Å². The topological polar surface area (TPSA) is 47.4 Å². The Morgan fingerprint density at radius 3 is 2.62 bits per heavy atom. The van der Waals surface area contributed by atoms with Crippen LogP contribution in [0, 0.1) is 51.9 Å². The zero-order valence-corrected chi connectivity index (χ0v) is 18.6. The Hall–Kier alpha value is -1.25. The molecular formula is C18H23N3O2U. The maximum absolute atomic E-state index is 12.5.